The summed E-state index contributed by atoms with van der Waals surface area (Å²) in [7, 11) is 3.07. The van der Waals surface area contributed by atoms with Gasteiger partial charge in [-0.1, -0.05) is 6.07 Å². The molecule has 0 aromatic carbocycles. The predicted octanol–water partition coefficient (Wildman–Crippen LogP) is 0.970. The fraction of sp³-hybridized carbons (Fsp3) is 0.444. The number of amides is 1. The van der Waals surface area contributed by atoms with Gasteiger partial charge in [-0.15, -0.1) is 11.3 Å². The number of thiophene rings is 1. The van der Waals surface area contributed by atoms with Crippen molar-refractivity contribution in [2.45, 2.75) is 25.2 Å². The fourth-order valence-electron chi connectivity index (χ4n) is 3.61. The van der Waals surface area contributed by atoms with E-state index in [4.69, 9.17) is 0 Å². The number of likely N-dealkylation sites (tertiary alicyclic amines) is 1. The first-order chi connectivity index (χ1) is 13.0. The molecule has 3 aromatic heterocycles. The van der Waals surface area contributed by atoms with Crippen molar-refractivity contribution < 1.29 is 4.79 Å². The van der Waals surface area contributed by atoms with E-state index >= 15 is 0 Å². The molecule has 0 spiro atoms. The van der Waals surface area contributed by atoms with Gasteiger partial charge < -0.3 is 9.88 Å². The number of aryl methyl sites for hydroxylation is 1. The van der Waals surface area contributed by atoms with Crippen LogP contribution in [0.3, 0.4) is 0 Å². The molecule has 1 N–H and O–H groups in total. The zero-order chi connectivity index (χ0) is 19.1. The zero-order valence-electron chi connectivity index (χ0n) is 15.3. The van der Waals surface area contributed by atoms with Crippen LogP contribution in [0.15, 0.2) is 27.1 Å². The molecule has 0 atom stereocenters. The third-order valence-corrected chi connectivity index (χ3v) is 6.13. The number of piperidine rings is 1. The largest absolute Gasteiger partial charge is 0.342 e. The van der Waals surface area contributed by atoms with Crippen LogP contribution in [0.4, 0.5) is 0 Å². The Bertz CT molecular complexity index is 1100. The summed E-state index contributed by atoms with van der Waals surface area (Å²) >= 11 is 1.60. The average molecular weight is 387 g/mol. The minimum absolute atomic E-state index is 0.142. The van der Waals surface area contributed by atoms with Crippen molar-refractivity contribution in [2.24, 2.45) is 14.1 Å². The number of fused-ring (bicyclic) bond motifs is 1. The van der Waals surface area contributed by atoms with Crippen molar-refractivity contribution in [3.63, 3.8) is 0 Å². The standard InChI is InChI=1S/C18H21N5O3S/c1-21-16-14(17(25)22(2)18(21)26)19-15(20-16)11-5-7-23(8-6-11)13(24)10-12-4-3-9-27-12/h3-4,9,11H,5-8,10H2,1-2H3,(H,19,20). The highest BCUT2D eigenvalue weighted by molar-refractivity contribution is 7.10. The molecule has 4 rings (SSSR count). The van der Waals surface area contributed by atoms with E-state index in [9.17, 15) is 14.4 Å². The quantitative estimate of drug-likeness (QED) is 0.725. The number of carbonyl (C=O) groups is 1. The lowest BCUT2D eigenvalue weighted by Gasteiger charge is -2.31. The summed E-state index contributed by atoms with van der Waals surface area (Å²) < 4.78 is 2.46. The maximum Gasteiger partial charge on any atom is 0.332 e. The first-order valence-electron chi connectivity index (χ1n) is 8.91. The van der Waals surface area contributed by atoms with E-state index in [1.807, 2.05) is 22.4 Å². The molecule has 0 radical (unpaired) electrons. The molecule has 0 aliphatic carbocycles. The summed E-state index contributed by atoms with van der Waals surface area (Å²) in [5.74, 6) is 1.01. The molecule has 0 saturated carbocycles. The van der Waals surface area contributed by atoms with Crippen LogP contribution in [-0.2, 0) is 25.3 Å². The Balaban J connectivity index is 1.51. The SMILES string of the molecule is Cn1c(=O)c2[nH]c(C3CCN(C(=O)Cc4cccs4)CC3)nc2n(C)c1=O. The number of imidazole rings is 1. The van der Waals surface area contributed by atoms with Gasteiger partial charge in [0.1, 0.15) is 11.3 Å². The molecule has 1 fully saturated rings. The second-order valence-corrected chi connectivity index (χ2v) is 7.97. The maximum atomic E-state index is 12.4. The minimum atomic E-state index is -0.389. The van der Waals surface area contributed by atoms with Gasteiger partial charge in [-0.25, -0.2) is 9.78 Å². The van der Waals surface area contributed by atoms with Crippen molar-refractivity contribution in [1.29, 1.82) is 0 Å². The van der Waals surface area contributed by atoms with Crippen molar-refractivity contribution in [2.75, 3.05) is 13.1 Å². The molecule has 0 bridgehead atoms. The van der Waals surface area contributed by atoms with Crippen LogP contribution in [0.2, 0.25) is 0 Å². The van der Waals surface area contributed by atoms with Crippen LogP contribution in [0.1, 0.15) is 29.5 Å². The van der Waals surface area contributed by atoms with Crippen LogP contribution in [0.25, 0.3) is 11.2 Å². The fourth-order valence-corrected chi connectivity index (χ4v) is 4.31. The molecule has 4 heterocycles. The summed E-state index contributed by atoms with van der Waals surface area (Å²) in [5, 5.41) is 1.98. The highest BCUT2D eigenvalue weighted by Gasteiger charge is 2.27. The predicted molar refractivity (Wildman–Crippen MR) is 103 cm³/mol. The Kier molecular flexibility index (Phi) is 4.47. The second-order valence-electron chi connectivity index (χ2n) is 6.94. The van der Waals surface area contributed by atoms with Gasteiger partial charge in [-0.2, -0.15) is 0 Å². The Labute approximate surface area is 159 Å². The molecule has 9 heteroatoms. The smallest absolute Gasteiger partial charge is 0.332 e. The van der Waals surface area contributed by atoms with Gasteiger partial charge in [-0.3, -0.25) is 18.7 Å². The molecule has 142 valence electrons. The molecule has 27 heavy (non-hydrogen) atoms. The molecular weight excluding hydrogens is 366 g/mol. The molecule has 1 aliphatic rings. The Morgan fingerprint density at radius 3 is 2.67 bits per heavy atom. The van der Waals surface area contributed by atoms with E-state index in [0.717, 1.165) is 22.3 Å². The number of aromatic nitrogens is 4. The lowest BCUT2D eigenvalue weighted by Crippen LogP contribution is -2.38. The highest BCUT2D eigenvalue weighted by atomic mass is 32.1. The first kappa shape index (κ1) is 17.7. The van der Waals surface area contributed by atoms with E-state index in [1.54, 1.807) is 18.4 Å². The highest BCUT2D eigenvalue weighted by Crippen LogP contribution is 2.27. The second kappa shape index (κ2) is 6.80. The Morgan fingerprint density at radius 1 is 1.26 bits per heavy atom. The number of aromatic amines is 1. The minimum Gasteiger partial charge on any atom is -0.342 e. The third kappa shape index (κ3) is 3.12. The molecule has 8 nitrogen and oxygen atoms in total. The van der Waals surface area contributed by atoms with Crippen LogP contribution in [-0.4, -0.2) is 43.0 Å². The van der Waals surface area contributed by atoms with Crippen LogP contribution < -0.4 is 11.2 Å². The van der Waals surface area contributed by atoms with E-state index in [2.05, 4.69) is 9.97 Å². The molecule has 0 unspecified atom stereocenters. The van der Waals surface area contributed by atoms with Gasteiger partial charge >= 0.3 is 5.69 Å². The summed E-state index contributed by atoms with van der Waals surface area (Å²) in [6.07, 6.45) is 2.01. The van der Waals surface area contributed by atoms with E-state index < -0.39 is 0 Å². The van der Waals surface area contributed by atoms with Gasteiger partial charge in [0.15, 0.2) is 5.65 Å². The monoisotopic (exact) mass is 387 g/mol. The Morgan fingerprint density at radius 2 is 2.00 bits per heavy atom. The number of carbonyl (C=O) groups excluding carboxylic acids is 1. The Hall–Kier alpha value is -2.68. The molecule has 1 saturated heterocycles. The van der Waals surface area contributed by atoms with Gasteiger partial charge in [0.25, 0.3) is 5.56 Å². The van der Waals surface area contributed by atoms with Gasteiger partial charge in [0.2, 0.25) is 5.91 Å². The summed E-state index contributed by atoms with van der Waals surface area (Å²) in [6, 6.07) is 3.94. The normalized spacial score (nSPS) is 15.6. The first-order valence-corrected chi connectivity index (χ1v) is 9.79. The molecular formula is C18H21N5O3S. The van der Waals surface area contributed by atoms with Gasteiger partial charge in [0, 0.05) is 38.0 Å². The molecule has 1 amide bonds. The van der Waals surface area contributed by atoms with Crippen LogP contribution in [0, 0.1) is 0 Å². The molecule has 1 aliphatic heterocycles. The number of nitrogens with zero attached hydrogens (tertiary/aromatic N) is 4. The molecule has 3 aromatic rings. The number of rotatable bonds is 3. The van der Waals surface area contributed by atoms with Crippen molar-refractivity contribution in [3.8, 4) is 0 Å². The van der Waals surface area contributed by atoms with Crippen LogP contribution >= 0.6 is 11.3 Å². The van der Waals surface area contributed by atoms with Crippen LogP contribution in [0.5, 0.6) is 0 Å². The summed E-state index contributed by atoms with van der Waals surface area (Å²) in [6.45, 7) is 1.34. The number of nitrogens with one attached hydrogen (secondary N) is 1. The topological polar surface area (TPSA) is 93.0 Å². The zero-order valence-corrected chi connectivity index (χ0v) is 16.1. The average Bonchev–Trinajstić information content (AvgIpc) is 3.35. The van der Waals surface area contributed by atoms with Crippen molar-refractivity contribution >= 4 is 28.4 Å². The van der Waals surface area contributed by atoms with Crippen molar-refractivity contribution in [1.82, 2.24) is 24.0 Å². The van der Waals surface area contributed by atoms with E-state index in [-0.39, 0.29) is 23.1 Å². The van der Waals surface area contributed by atoms with Crippen molar-refractivity contribution in [3.05, 3.63) is 49.1 Å². The number of hydrogen-bond donors (Lipinski definition) is 1. The van der Waals surface area contributed by atoms with E-state index in [1.165, 1.54) is 11.6 Å². The number of H-pyrrole nitrogens is 1. The number of hydrogen-bond acceptors (Lipinski definition) is 5. The maximum absolute atomic E-state index is 12.4. The lowest BCUT2D eigenvalue weighted by atomic mass is 9.96. The van der Waals surface area contributed by atoms with Gasteiger partial charge in [0.05, 0.1) is 6.42 Å². The summed E-state index contributed by atoms with van der Waals surface area (Å²) in [4.78, 5) is 47.4. The lowest BCUT2D eigenvalue weighted by molar-refractivity contribution is -0.131. The summed E-state index contributed by atoms with van der Waals surface area (Å²) in [5.41, 5.74) is -0.0185. The van der Waals surface area contributed by atoms with Gasteiger partial charge in [-0.05, 0) is 24.3 Å². The van der Waals surface area contributed by atoms with E-state index in [0.29, 0.717) is 36.5 Å². The third-order valence-electron chi connectivity index (χ3n) is 5.25.